The molecule has 0 atom stereocenters. The number of nitro groups is 1. The predicted molar refractivity (Wildman–Crippen MR) is 70.3 cm³/mol. The molecule has 0 heterocycles. The fraction of sp³-hybridized carbons (Fsp3) is 0.417. The summed E-state index contributed by atoms with van der Waals surface area (Å²) in [4.78, 5) is 22.0. The van der Waals surface area contributed by atoms with Crippen LogP contribution in [0.2, 0.25) is 0 Å². The minimum absolute atomic E-state index is 0.0796. The first-order chi connectivity index (χ1) is 8.19. The van der Waals surface area contributed by atoms with Crippen LogP contribution in [-0.2, 0) is 16.0 Å². The van der Waals surface area contributed by atoms with E-state index in [-0.39, 0.29) is 12.1 Å². The number of benzene rings is 1. The minimum atomic E-state index is -0.599. The molecule has 1 rings (SSSR count). The van der Waals surface area contributed by atoms with E-state index in [0.29, 0.717) is 10.0 Å². The number of nitrogens with zero attached hydrogens (tertiary/aromatic N) is 1. The lowest BCUT2D eigenvalue weighted by atomic mass is 10.1. The van der Waals surface area contributed by atoms with Crippen molar-refractivity contribution in [2.24, 2.45) is 0 Å². The maximum atomic E-state index is 11.7. The highest BCUT2D eigenvalue weighted by Gasteiger charge is 2.21. The van der Waals surface area contributed by atoms with E-state index >= 15 is 0 Å². The highest BCUT2D eigenvalue weighted by atomic mass is 79.9. The predicted octanol–water partition coefficient (Wildman–Crippen LogP) is 3.24. The van der Waals surface area contributed by atoms with Crippen molar-refractivity contribution in [2.45, 2.75) is 32.8 Å². The molecule has 1 aromatic carbocycles. The molecule has 0 bridgehead atoms. The van der Waals surface area contributed by atoms with E-state index in [1.165, 1.54) is 6.07 Å². The number of hydrogen-bond acceptors (Lipinski definition) is 4. The molecule has 0 N–H and O–H groups in total. The number of halogens is 1. The van der Waals surface area contributed by atoms with Crippen LogP contribution in [0.25, 0.3) is 0 Å². The van der Waals surface area contributed by atoms with Crippen LogP contribution in [0.1, 0.15) is 26.3 Å². The summed E-state index contributed by atoms with van der Waals surface area (Å²) in [5, 5.41) is 10.8. The number of hydrogen-bond donors (Lipinski definition) is 0. The molecular weight excluding hydrogens is 302 g/mol. The van der Waals surface area contributed by atoms with E-state index in [9.17, 15) is 14.9 Å². The van der Waals surface area contributed by atoms with Gasteiger partial charge in [-0.25, -0.2) is 0 Å². The third-order valence-electron chi connectivity index (χ3n) is 1.99. The quantitative estimate of drug-likeness (QED) is 0.488. The Morgan fingerprint density at radius 2 is 2.06 bits per heavy atom. The van der Waals surface area contributed by atoms with Crippen LogP contribution >= 0.6 is 15.9 Å². The van der Waals surface area contributed by atoms with Crippen LogP contribution < -0.4 is 0 Å². The molecule has 0 fully saturated rings. The van der Waals surface area contributed by atoms with Crippen LogP contribution in [0.4, 0.5) is 5.69 Å². The Balaban J connectivity index is 2.93. The van der Waals surface area contributed by atoms with Crippen molar-refractivity contribution in [1.29, 1.82) is 0 Å². The van der Waals surface area contributed by atoms with Crippen molar-refractivity contribution in [3.63, 3.8) is 0 Å². The molecule has 0 saturated carbocycles. The summed E-state index contributed by atoms with van der Waals surface area (Å²) in [7, 11) is 0. The second kappa shape index (κ2) is 5.48. The summed E-state index contributed by atoms with van der Waals surface area (Å²) in [5.41, 5.74) is -0.342. The van der Waals surface area contributed by atoms with Gasteiger partial charge in [-0.1, -0.05) is 15.9 Å². The van der Waals surface area contributed by atoms with Gasteiger partial charge in [0, 0.05) is 16.1 Å². The lowest BCUT2D eigenvalue weighted by molar-refractivity contribution is -0.385. The Morgan fingerprint density at radius 1 is 1.44 bits per heavy atom. The standard InChI is InChI=1S/C12H14BrNO4/c1-12(2,3)18-11(15)7-8-6-9(13)4-5-10(8)14(16)17/h4-6H,7H2,1-3H3. The number of ether oxygens (including phenoxy) is 1. The largest absolute Gasteiger partial charge is 0.460 e. The van der Waals surface area contributed by atoms with E-state index in [1.807, 2.05) is 0 Å². The lowest BCUT2D eigenvalue weighted by Gasteiger charge is -2.19. The average molecular weight is 316 g/mol. The van der Waals surface area contributed by atoms with Crippen LogP contribution in [0.15, 0.2) is 22.7 Å². The molecule has 98 valence electrons. The van der Waals surface area contributed by atoms with Crippen molar-refractivity contribution in [2.75, 3.05) is 0 Å². The van der Waals surface area contributed by atoms with Gasteiger partial charge >= 0.3 is 5.97 Å². The van der Waals surface area contributed by atoms with Crippen molar-refractivity contribution >= 4 is 27.6 Å². The van der Waals surface area contributed by atoms with Gasteiger partial charge in [-0.05, 0) is 32.9 Å². The molecule has 0 unspecified atom stereocenters. The van der Waals surface area contributed by atoms with Crippen molar-refractivity contribution in [3.05, 3.63) is 38.3 Å². The maximum Gasteiger partial charge on any atom is 0.311 e. The summed E-state index contributed by atoms with van der Waals surface area (Å²) in [6.45, 7) is 5.25. The first-order valence-corrected chi connectivity index (χ1v) is 6.13. The van der Waals surface area contributed by atoms with Gasteiger partial charge < -0.3 is 4.74 Å². The van der Waals surface area contributed by atoms with E-state index in [1.54, 1.807) is 32.9 Å². The second-order valence-corrected chi connectivity index (χ2v) is 5.71. The molecular formula is C12H14BrNO4. The van der Waals surface area contributed by atoms with E-state index < -0.39 is 16.5 Å². The summed E-state index contributed by atoms with van der Waals surface area (Å²) < 4.78 is 5.83. The van der Waals surface area contributed by atoms with Crippen molar-refractivity contribution < 1.29 is 14.5 Å². The first kappa shape index (κ1) is 14.6. The van der Waals surface area contributed by atoms with Gasteiger partial charge in [0.05, 0.1) is 11.3 Å². The molecule has 1 aromatic rings. The van der Waals surface area contributed by atoms with Gasteiger partial charge in [-0.15, -0.1) is 0 Å². The van der Waals surface area contributed by atoms with Gasteiger partial charge in [-0.2, -0.15) is 0 Å². The number of nitro benzene ring substituents is 1. The molecule has 0 saturated heterocycles. The average Bonchev–Trinajstić information content (AvgIpc) is 2.13. The molecule has 0 aliphatic carbocycles. The molecule has 6 heteroatoms. The van der Waals surface area contributed by atoms with Crippen molar-refractivity contribution in [1.82, 2.24) is 0 Å². The van der Waals surface area contributed by atoms with Gasteiger partial charge in [0.25, 0.3) is 5.69 Å². The van der Waals surface area contributed by atoms with Gasteiger partial charge in [0.1, 0.15) is 5.60 Å². The smallest absolute Gasteiger partial charge is 0.311 e. The van der Waals surface area contributed by atoms with Crippen LogP contribution in [0, 0.1) is 10.1 Å². The molecule has 0 amide bonds. The Hall–Kier alpha value is -1.43. The van der Waals surface area contributed by atoms with E-state index in [0.717, 1.165) is 0 Å². The van der Waals surface area contributed by atoms with Crippen molar-refractivity contribution in [3.8, 4) is 0 Å². The number of esters is 1. The van der Waals surface area contributed by atoms with Gasteiger partial charge in [0.2, 0.25) is 0 Å². The number of carbonyl (C=O) groups is 1. The Kier molecular flexibility index (Phi) is 4.45. The topological polar surface area (TPSA) is 69.4 Å². The SMILES string of the molecule is CC(C)(C)OC(=O)Cc1cc(Br)ccc1[N+](=O)[O-]. The van der Waals surface area contributed by atoms with Gasteiger partial charge in [-0.3, -0.25) is 14.9 Å². The zero-order chi connectivity index (χ0) is 13.9. The summed E-state index contributed by atoms with van der Waals surface area (Å²) >= 11 is 3.22. The zero-order valence-electron chi connectivity index (χ0n) is 10.4. The third kappa shape index (κ3) is 4.44. The van der Waals surface area contributed by atoms with Crippen LogP contribution in [0.5, 0.6) is 0 Å². The lowest BCUT2D eigenvalue weighted by Crippen LogP contribution is -2.25. The molecule has 0 radical (unpaired) electrons. The second-order valence-electron chi connectivity index (χ2n) is 4.79. The normalized spacial score (nSPS) is 11.1. The molecule has 0 aliphatic heterocycles. The molecule has 0 aliphatic rings. The number of rotatable bonds is 3. The minimum Gasteiger partial charge on any atom is -0.460 e. The fourth-order valence-corrected chi connectivity index (χ4v) is 1.82. The summed E-state index contributed by atoms with van der Waals surface area (Å²) in [5.74, 6) is -0.483. The summed E-state index contributed by atoms with van der Waals surface area (Å²) in [6, 6.07) is 4.49. The highest BCUT2D eigenvalue weighted by molar-refractivity contribution is 9.10. The van der Waals surface area contributed by atoms with E-state index in [2.05, 4.69) is 15.9 Å². The Labute approximate surface area is 113 Å². The molecule has 18 heavy (non-hydrogen) atoms. The Morgan fingerprint density at radius 3 is 2.56 bits per heavy atom. The Bertz CT molecular complexity index is 479. The van der Waals surface area contributed by atoms with E-state index in [4.69, 9.17) is 4.74 Å². The molecule has 0 spiro atoms. The van der Waals surface area contributed by atoms with Crippen LogP contribution in [0.3, 0.4) is 0 Å². The zero-order valence-corrected chi connectivity index (χ0v) is 12.0. The summed E-state index contributed by atoms with van der Waals surface area (Å²) in [6.07, 6.45) is -0.118. The highest BCUT2D eigenvalue weighted by Crippen LogP contribution is 2.24. The monoisotopic (exact) mass is 315 g/mol. The number of carbonyl (C=O) groups excluding carboxylic acids is 1. The third-order valence-corrected chi connectivity index (χ3v) is 2.49. The van der Waals surface area contributed by atoms with Gasteiger partial charge in [0.15, 0.2) is 0 Å². The maximum absolute atomic E-state index is 11.7. The molecule has 5 nitrogen and oxygen atoms in total. The fourth-order valence-electron chi connectivity index (χ4n) is 1.41. The van der Waals surface area contributed by atoms with Crippen LogP contribution in [-0.4, -0.2) is 16.5 Å². The first-order valence-electron chi connectivity index (χ1n) is 5.34. The molecule has 0 aromatic heterocycles.